The molecule has 0 radical (unpaired) electrons. The fourth-order valence-corrected chi connectivity index (χ4v) is 5.34. The largest absolute Gasteiger partial charge is 0.469 e. The van der Waals surface area contributed by atoms with Crippen LogP contribution >= 0.6 is 0 Å². The number of pyridine rings is 2. The van der Waals surface area contributed by atoms with E-state index in [4.69, 9.17) is 4.74 Å². The Hall–Kier alpha value is -3.54. The summed E-state index contributed by atoms with van der Waals surface area (Å²) in [6.07, 6.45) is 6.46. The van der Waals surface area contributed by atoms with Gasteiger partial charge in [0.25, 0.3) is 0 Å². The van der Waals surface area contributed by atoms with E-state index in [0.29, 0.717) is 16.6 Å². The molecule has 0 aliphatic heterocycles. The molecule has 3 heterocycles. The third-order valence-electron chi connectivity index (χ3n) is 6.85. The molecular weight excluding hydrogens is 416 g/mol. The predicted octanol–water partition coefficient (Wildman–Crippen LogP) is 4.16. The van der Waals surface area contributed by atoms with Crippen LogP contribution in [-0.4, -0.2) is 34.1 Å². The van der Waals surface area contributed by atoms with Crippen LogP contribution in [-0.2, 0) is 9.53 Å². The summed E-state index contributed by atoms with van der Waals surface area (Å²) in [5, 5.41) is 13.2. The summed E-state index contributed by atoms with van der Waals surface area (Å²) in [5.41, 5.74) is 1.11. The quantitative estimate of drug-likeness (QED) is 0.594. The number of carbonyl (C=O) groups is 1. The van der Waals surface area contributed by atoms with E-state index in [9.17, 15) is 18.8 Å². The number of hydrogen-bond acceptors (Lipinski definition) is 6. The second-order valence-electron chi connectivity index (χ2n) is 8.47. The van der Waals surface area contributed by atoms with Gasteiger partial charge in [-0.2, -0.15) is 5.26 Å². The van der Waals surface area contributed by atoms with Crippen LogP contribution in [0.3, 0.4) is 0 Å². The second-order valence-corrected chi connectivity index (χ2v) is 8.47. The van der Waals surface area contributed by atoms with Gasteiger partial charge in [-0.25, -0.2) is 18.7 Å². The van der Waals surface area contributed by atoms with Crippen LogP contribution in [0.2, 0.25) is 0 Å². The molecule has 3 aliphatic rings. The fourth-order valence-electron chi connectivity index (χ4n) is 5.34. The van der Waals surface area contributed by atoms with Gasteiger partial charge in [-0.1, -0.05) is 0 Å². The highest BCUT2D eigenvalue weighted by atomic mass is 19.1. The predicted molar refractivity (Wildman–Crippen MR) is 112 cm³/mol. The molecule has 2 N–H and O–H groups in total. The number of rotatable bonds is 4. The number of nitrogens with zero attached hydrogens (tertiary/aromatic N) is 3. The highest BCUT2D eigenvalue weighted by molar-refractivity contribution is 5.94. The molecule has 6 rings (SSSR count). The molecule has 3 aromatic rings. The Morgan fingerprint density at radius 2 is 2.00 bits per heavy atom. The van der Waals surface area contributed by atoms with Gasteiger partial charge in [0.1, 0.15) is 17.5 Å². The highest BCUT2D eigenvalue weighted by Gasteiger charge is 2.48. The average molecular weight is 437 g/mol. The number of aromatic nitrogens is 3. The summed E-state index contributed by atoms with van der Waals surface area (Å²) in [7, 11) is 1.37. The molecule has 9 heteroatoms. The topological polar surface area (TPSA) is 104 Å². The highest BCUT2D eigenvalue weighted by Crippen LogP contribution is 2.47. The first-order valence-electron chi connectivity index (χ1n) is 10.6. The van der Waals surface area contributed by atoms with Crippen molar-refractivity contribution in [2.75, 3.05) is 12.4 Å². The minimum Gasteiger partial charge on any atom is -0.469 e. The van der Waals surface area contributed by atoms with Crippen molar-refractivity contribution in [2.45, 2.75) is 31.7 Å². The molecule has 1 unspecified atom stereocenters. The Kier molecular flexibility index (Phi) is 5.00. The molecule has 0 amide bonds. The van der Waals surface area contributed by atoms with Gasteiger partial charge in [-0.15, -0.1) is 0 Å². The molecular formula is C23H21F2N5O2. The molecule has 32 heavy (non-hydrogen) atoms. The Morgan fingerprint density at radius 1 is 1.25 bits per heavy atom. The van der Waals surface area contributed by atoms with E-state index in [1.165, 1.54) is 13.2 Å². The third-order valence-corrected chi connectivity index (χ3v) is 6.85. The van der Waals surface area contributed by atoms with Crippen LogP contribution in [0.4, 0.5) is 14.6 Å². The molecule has 7 nitrogen and oxygen atoms in total. The van der Waals surface area contributed by atoms with E-state index in [-0.39, 0.29) is 46.8 Å². The van der Waals surface area contributed by atoms with E-state index in [2.05, 4.69) is 20.3 Å². The molecule has 2 bridgehead atoms. The number of anilines is 1. The van der Waals surface area contributed by atoms with Crippen molar-refractivity contribution in [3.63, 3.8) is 0 Å². The summed E-state index contributed by atoms with van der Waals surface area (Å²) < 4.78 is 33.8. The Labute approximate surface area is 182 Å². The number of hydrogen-bond donors (Lipinski definition) is 2. The minimum atomic E-state index is -0.681. The number of carbonyl (C=O) groups excluding carboxylic acids is 1. The fraction of sp³-hybridized carbons (Fsp3) is 0.391. The van der Waals surface area contributed by atoms with Crippen LogP contribution in [0.1, 0.15) is 31.2 Å². The van der Waals surface area contributed by atoms with Crippen LogP contribution < -0.4 is 5.32 Å². The standard InChI is InChI=1S/C23H21F2N5O2/c1-32-23(31)18-11-2-4-12(5-3-11)20(18)30-22-17(25)6-13(8-26)19(29-22)16-10-28-21-15(16)7-14(24)9-27-21/h6-7,9-12,18,20H,2-5H2,1H3,(H,27,28)(H,29,30)/t11?,12?,18?,20-/m1/s1. The lowest BCUT2D eigenvalue weighted by atomic mass is 9.61. The second kappa shape index (κ2) is 7.86. The number of nitrogens with one attached hydrogen (secondary N) is 2. The molecule has 3 saturated carbocycles. The summed E-state index contributed by atoms with van der Waals surface area (Å²) in [6, 6.07) is 4.07. The average Bonchev–Trinajstić information content (AvgIpc) is 3.23. The maximum atomic E-state index is 15.0. The maximum absolute atomic E-state index is 15.0. The van der Waals surface area contributed by atoms with E-state index < -0.39 is 11.6 Å². The van der Waals surface area contributed by atoms with Crippen LogP contribution in [0.5, 0.6) is 0 Å². The zero-order valence-electron chi connectivity index (χ0n) is 17.4. The number of halogens is 2. The summed E-state index contributed by atoms with van der Waals surface area (Å²) >= 11 is 0. The third kappa shape index (κ3) is 3.27. The Balaban J connectivity index is 1.57. The number of H-pyrrole nitrogens is 1. The smallest absolute Gasteiger partial charge is 0.311 e. The molecule has 164 valence electrons. The SMILES string of the molecule is COC(=O)C1C2CCC(CC2)[C@H]1Nc1nc(-c2c[nH]c3ncc(F)cc23)c(C#N)cc1F. The van der Waals surface area contributed by atoms with E-state index in [0.717, 1.165) is 37.9 Å². The first-order chi connectivity index (χ1) is 15.5. The number of methoxy groups -OCH3 is 1. The van der Waals surface area contributed by atoms with Gasteiger partial charge in [0.15, 0.2) is 11.6 Å². The summed E-state index contributed by atoms with van der Waals surface area (Å²) in [6.45, 7) is 0. The minimum absolute atomic E-state index is 0.0212. The van der Waals surface area contributed by atoms with Gasteiger partial charge in [0.2, 0.25) is 0 Å². The lowest BCUT2D eigenvalue weighted by Gasteiger charge is -2.47. The molecule has 0 aromatic carbocycles. The van der Waals surface area contributed by atoms with Crippen molar-refractivity contribution in [1.82, 2.24) is 15.0 Å². The monoisotopic (exact) mass is 437 g/mol. The maximum Gasteiger partial charge on any atom is 0.311 e. The van der Waals surface area contributed by atoms with Crippen molar-refractivity contribution < 1.29 is 18.3 Å². The molecule has 0 saturated heterocycles. The molecule has 3 aliphatic carbocycles. The number of aromatic amines is 1. The van der Waals surface area contributed by atoms with Crippen molar-refractivity contribution in [3.8, 4) is 17.3 Å². The van der Waals surface area contributed by atoms with Gasteiger partial charge >= 0.3 is 5.97 Å². The Morgan fingerprint density at radius 3 is 2.72 bits per heavy atom. The summed E-state index contributed by atoms with van der Waals surface area (Å²) in [5.74, 6) is -1.53. The van der Waals surface area contributed by atoms with Gasteiger partial charge < -0.3 is 15.0 Å². The van der Waals surface area contributed by atoms with Gasteiger partial charge in [0.05, 0.1) is 30.5 Å². The van der Waals surface area contributed by atoms with Crippen LogP contribution in [0, 0.1) is 40.7 Å². The van der Waals surface area contributed by atoms with E-state index >= 15 is 0 Å². The molecule has 3 aromatic heterocycles. The summed E-state index contributed by atoms with van der Waals surface area (Å²) in [4.78, 5) is 23.9. The Bertz CT molecular complexity index is 1240. The number of ether oxygens (including phenoxy) is 1. The number of nitriles is 1. The molecule has 3 fully saturated rings. The van der Waals surface area contributed by atoms with Crippen molar-refractivity contribution in [1.29, 1.82) is 5.26 Å². The van der Waals surface area contributed by atoms with Crippen LogP contribution in [0.25, 0.3) is 22.3 Å². The van der Waals surface area contributed by atoms with Crippen molar-refractivity contribution in [3.05, 3.63) is 41.7 Å². The molecule has 0 spiro atoms. The lowest BCUT2D eigenvalue weighted by Crippen LogP contribution is -2.52. The first kappa shape index (κ1) is 20.4. The normalized spacial score (nSPS) is 24.3. The number of esters is 1. The van der Waals surface area contributed by atoms with E-state index in [1.807, 2.05) is 6.07 Å². The van der Waals surface area contributed by atoms with Gasteiger partial charge in [-0.3, -0.25) is 4.79 Å². The van der Waals surface area contributed by atoms with Gasteiger partial charge in [-0.05, 0) is 49.7 Å². The first-order valence-corrected chi connectivity index (χ1v) is 10.6. The van der Waals surface area contributed by atoms with E-state index in [1.54, 1.807) is 6.20 Å². The van der Waals surface area contributed by atoms with Crippen molar-refractivity contribution in [2.24, 2.45) is 17.8 Å². The zero-order valence-corrected chi connectivity index (χ0v) is 17.4. The van der Waals surface area contributed by atoms with Gasteiger partial charge in [0, 0.05) is 23.2 Å². The number of fused-ring (bicyclic) bond motifs is 4. The lowest BCUT2D eigenvalue weighted by molar-refractivity contribution is -0.152. The van der Waals surface area contributed by atoms with Crippen molar-refractivity contribution >= 4 is 22.8 Å². The zero-order chi connectivity index (χ0) is 22.4. The molecule has 2 atom stereocenters. The van der Waals surface area contributed by atoms with Crippen LogP contribution in [0.15, 0.2) is 24.5 Å².